The van der Waals surface area contributed by atoms with Crippen molar-refractivity contribution in [2.45, 2.75) is 25.4 Å². The summed E-state index contributed by atoms with van der Waals surface area (Å²) in [6.07, 6.45) is 7.25. The Bertz CT molecular complexity index is 625. The summed E-state index contributed by atoms with van der Waals surface area (Å²) in [7, 11) is 0. The minimum atomic E-state index is -0.131. The molecule has 0 aromatic carbocycles. The van der Waals surface area contributed by atoms with Crippen LogP contribution in [-0.2, 0) is 6.54 Å². The molecular weight excluding hydrogens is 282 g/mol. The molecule has 22 heavy (non-hydrogen) atoms. The molecule has 1 aliphatic rings. The zero-order valence-electron chi connectivity index (χ0n) is 12.2. The lowest BCUT2D eigenvalue weighted by Crippen LogP contribution is -2.42. The lowest BCUT2D eigenvalue weighted by atomic mass is 10.2. The smallest absolute Gasteiger partial charge is 0.317 e. The summed E-state index contributed by atoms with van der Waals surface area (Å²) < 4.78 is 1.67. The van der Waals surface area contributed by atoms with Crippen molar-refractivity contribution in [3.8, 4) is 5.82 Å². The van der Waals surface area contributed by atoms with Crippen LogP contribution in [0.3, 0.4) is 0 Å². The Hall–Kier alpha value is -2.41. The van der Waals surface area contributed by atoms with Crippen molar-refractivity contribution in [3.63, 3.8) is 0 Å². The summed E-state index contributed by atoms with van der Waals surface area (Å²) >= 11 is 0. The van der Waals surface area contributed by atoms with Gasteiger partial charge in [-0.15, -0.1) is 0 Å². The predicted octanol–water partition coefficient (Wildman–Crippen LogP) is 0.934. The van der Waals surface area contributed by atoms with E-state index >= 15 is 0 Å². The number of nitrogens with zero attached hydrogens (tertiary/aromatic N) is 4. The first kappa shape index (κ1) is 14.5. The zero-order chi connectivity index (χ0) is 15.4. The number of aliphatic hydroxyl groups excluding tert-OH is 1. The van der Waals surface area contributed by atoms with E-state index in [-0.39, 0.29) is 18.7 Å². The summed E-state index contributed by atoms with van der Waals surface area (Å²) in [6.45, 7) is 0.790. The molecule has 7 nitrogen and oxygen atoms in total. The van der Waals surface area contributed by atoms with E-state index in [9.17, 15) is 4.79 Å². The molecule has 0 bridgehead atoms. The van der Waals surface area contributed by atoms with Gasteiger partial charge in [0, 0.05) is 37.7 Å². The van der Waals surface area contributed by atoms with Crippen LogP contribution in [-0.4, -0.2) is 50.0 Å². The number of urea groups is 1. The molecule has 0 spiro atoms. The van der Waals surface area contributed by atoms with E-state index in [1.54, 1.807) is 22.0 Å². The van der Waals surface area contributed by atoms with Crippen molar-refractivity contribution >= 4 is 6.03 Å². The Morgan fingerprint density at radius 1 is 1.45 bits per heavy atom. The number of pyridine rings is 1. The molecule has 116 valence electrons. The van der Waals surface area contributed by atoms with E-state index in [2.05, 4.69) is 15.4 Å². The molecule has 1 aliphatic carbocycles. The van der Waals surface area contributed by atoms with Crippen molar-refractivity contribution in [3.05, 3.63) is 42.4 Å². The highest BCUT2D eigenvalue weighted by atomic mass is 16.3. The average Bonchev–Trinajstić information content (AvgIpc) is 3.23. The zero-order valence-corrected chi connectivity index (χ0v) is 12.2. The van der Waals surface area contributed by atoms with Crippen LogP contribution in [0.2, 0.25) is 0 Å². The monoisotopic (exact) mass is 301 g/mol. The maximum atomic E-state index is 12.2. The minimum absolute atomic E-state index is 0.0113. The second-order valence-electron chi connectivity index (χ2n) is 5.28. The number of hydrogen-bond acceptors (Lipinski definition) is 4. The van der Waals surface area contributed by atoms with Gasteiger partial charge in [0.25, 0.3) is 0 Å². The molecule has 2 heterocycles. The highest BCUT2D eigenvalue weighted by molar-refractivity contribution is 5.74. The molecule has 1 fully saturated rings. The number of rotatable bonds is 6. The molecule has 3 rings (SSSR count). The van der Waals surface area contributed by atoms with Crippen LogP contribution < -0.4 is 5.32 Å². The Labute approximate surface area is 128 Å². The highest BCUT2D eigenvalue weighted by Crippen LogP contribution is 2.26. The normalized spacial score (nSPS) is 13.9. The van der Waals surface area contributed by atoms with Crippen LogP contribution in [0, 0.1) is 0 Å². The van der Waals surface area contributed by atoms with E-state index in [4.69, 9.17) is 5.11 Å². The third-order valence-electron chi connectivity index (χ3n) is 3.58. The molecule has 2 amide bonds. The maximum Gasteiger partial charge on any atom is 0.317 e. The number of nitrogens with one attached hydrogen (secondary N) is 1. The molecule has 2 N–H and O–H groups in total. The van der Waals surface area contributed by atoms with Gasteiger partial charge < -0.3 is 15.3 Å². The van der Waals surface area contributed by atoms with Crippen LogP contribution in [0.5, 0.6) is 0 Å². The Morgan fingerprint density at radius 3 is 3.00 bits per heavy atom. The first-order chi connectivity index (χ1) is 10.8. The summed E-state index contributed by atoms with van der Waals surface area (Å²) in [4.78, 5) is 18.1. The minimum Gasteiger partial charge on any atom is -0.395 e. The molecular formula is C15H19N5O2. The van der Waals surface area contributed by atoms with Crippen molar-refractivity contribution in [1.82, 2.24) is 25.0 Å². The van der Waals surface area contributed by atoms with Gasteiger partial charge in [-0.3, -0.25) is 0 Å². The summed E-state index contributed by atoms with van der Waals surface area (Å²) in [5.41, 5.74) is 0.952. The fourth-order valence-electron chi connectivity index (χ4n) is 2.32. The van der Waals surface area contributed by atoms with Gasteiger partial charge in [-0.25, -0.2) is 14.5 Å². The van der Waals surface area contributed by atoms with Crippen molar-refractivity contribution in [2.24, 2.45) is 0 Å². The molecule has 0 unspecified atom stereocenters. The van der Waals surface area contributed by atoms with E-state index in [1.165, 1.54) is 0 Å². The van der Waals surface area contributed by atoms with Crippen molar-refractivity contribution in [2.75, 3.05) is 13.2 Å². The molecule has 0 radical (unpaired) electrons. The maximum absolute atomic E-state index is 12.2. The Morgan fingerprint density at radius 2 is 2.32 bits per heavy atom. The van der Waals surface area contributed by atoms with E-state index in [1.807, 2.05) is 24.4 Å². The SMILES string of the molecule is O=C(NCc1ccnc(-n2cccn2)c1)N(CCO)C1CC1. The third kappa shape index (κ3) is 3.43. The van der Waals surface area contributed by atoms with Gasteiger partial charge in [0.05, 0.1) is 6.61 Å². The number of aliphatic hydroxyl groups is 1. The first-order valence-corrected chi connectivity index (χ1v) is 7.38. The second-order valence-corrected chi connectivity index (χ2v) is 5.28. The van der Waals surface area contributed by atoms with Gasteiger partial charge in [0.15, 0.2) is 5.82 Å². The summed E-state index contributed by atoms with van der Waals surface area (Å²) in [5.74, 6) is 0.714. The first-order valence-electron chi connectivity index (χ1n) is 7.38. The van der Waals surface area contributed by atoms with Crippen LogP contribution in [0.15, 0.2) is 36.8 Å². The van der Waals surface area contributed by atoms with E-state index in [0.29, 0.717) is 18.9 Å². The van der Waals surface area contributed by atoms with Crippen molar-refractivity contribution in [1.29, 1.82) is 0 Å². The van der Waals surface area contributed by atoms with Gasteiger partial charge in [0.2, 0.25) is 0 Å². The lowest BCUT2D eigenvalue weighted by molar-refractivity contribution is 0.173. The average molecular weight is 301 g/mol. The van der Waals surface area contributed by atoms with Gasteiger partial charge >= 0.3 is 6.03 Å². The van der Waals surface area contributed by atoms with E-state index in [0.717, 1.165) is 18.4 Å². The quantitative estimate of drug-likeness (QED) is 0.831. The predicted molar refractivity (Wildman–Crippen MR) is 80.4 cm³/mol. The summed E-state index contributed by atoms with van der Waals surface area (Å²) in [5, 5.41) is 16.1. The third-order valence-corrected chi connectivity index (χ3v) is 3.58. The number of amides is 2. The van der Waals surface area contributed by atoms with Crippen LogP contribution in [0.4, 0.5) is 4.79 Å². The molecule has 2 aromatic heterocycles. The van der Waals surface area contributed by atoms with Crippen LogP contribution in [0.25, 0.3) is 5.82 Å². The largest absolute Gasteiger partial charge is 0.395 e. The second kappa shape index (κ2) is 6.57. The Balaban J connectivity index is 1.61. The van der Waals surface area contributed by atoms with Crippen molar-refractivity contribution < 1.29 is 9.90 Å². The Kier molecular flexibility index (Phi) is 4.34. The van der Waals surface area contributed by atoms with Crippen LogP contribution >= 0.6 is 0 Å². The molecule has 0 atom stereocenters. The topological polar surface area (TPSA) is 83.3 Å². The molecule has 0 aliphatic heterocycles. The number of aromatic nitrogens is 3. The lowest BCUT2D eigenvalue weighted by Gasteiger charge is -2.21. The fraction of sp³-hybridized carbons (Fsp3) is 0.400. The molecule has 2 aromatic rings. The van der Waals surface area contributed by atoms with Gasteiger partial charge in [-0.05, 0) is 36.6 Å². The van der Waals surface area contributed by atoms with Gasteiger partial charge in [-0.2, -0.15) is 5.10 Å². The van der Waals surface area contributed by atoms with E-state index < -0.39 is 0 Å². The number of carbonyl (C=O) groups is 1. The van der Waals surface area contributed by atoms with Gasteiger partial charge in [0.1, 0.15) is 0 Å². The molecule has 7 heteroatoms. The number of hydrogen-bond donors (Lipinski definition) is 2. The fourth-order valence-corrected chi connectivity index (χ4v) is 2.32. The molecule has 1 saturated carbocycles. The standard InChI is InChI=1S/C15H19N5O2/c21-9-8-19(13-2-3-13)15(22)17-11-12-4-6-16-14(10-12)20-7-1-5-18-20/h1,4-7,10,13,21H,2-3,8-9,11H2,(H,17,22). The summed E-state index contributed by atoms with van der Waals surface area (Å²) in [6, 6.07) is 5.73. The van der Waals surface area contributed by atoms with Crippen LogP contribution in [0.1, 0.15) is 18.4 Å². The molecule has 0 saturated heterocycles. The number of carbonyl (C=O) groups excluding carboxylic acids is 1. The highest BCUT2D eigenvalue weighted by Gasteiger charge is 2.31. The van der Waals surface area contributed by atoms with Gasteiger partial charge in [-0.1, -0.05) is 0 Å².